The molecule has 0 radical (unpaired) electrons. The molecule has 0 aromatic heterocycles. The number of rotatable bonds is 11. The van der Waals surface area contributed by atoms with Crippen molar-refractivity contribution in [3.63, 3.8) is 0 Å². The number of hydrogen-bond donors (Lipinski definition) is 1. The van der Waals surface area contributed by atoms with Gasteiger partial charge in [-0.2, -0.15) is 0 Å². The van der Waals surface area contributed by atoms with Crippen molar-refractivity contribution in [3.8, 4) is 5.75 Å². The van der Waals surface area contributed by atoms with Crippen molar-refractivity contribution in [2.75, 3.05) is 13.2 Å². The molecule has 0 amide bonds. The average Bonchev–Trinajstić information content (AvgIpc) is 2.50. The Hall–Kier alpha value is -2.30. The number of carboxylic acid groups (broad SMARTS) is 1. The molecule has 0 aliphatic rings. The largest absolute Gasteiger partial charge is 0.494 e. The molecule has 0 atom stereocenters. The van der Waals surface area contributed by atoms with Crippen molar-refractivity contribution in [3.05, 3.63) is 42.5 Å². The molecule has 120 valence electrons. The van der Waals surface area contributed by atoms with Crippen molar-refractivity contribution in [1.82, 2.24) is 0 Å². The zero-order valence-corrected chi connectivity index (χ0v) is 12.6. The lowest BCUT2D eigenvalue weighted by molar-refractivity contribution is -0.138. The fourth-order valence-electron chi connectivity index (χ4n) is 1.86. The van der Waals surface area contributed by atoms with Gasteiger partial charge in [0.1, 0.15) is 5.75 Å². The van der Waals surface area contributed by atoms with Gasteiger partial charge in [0, 0.05) is 6.08 Å². The van der Waals surface area contributed by atoms with E-state index in [1.165, 1.54) is 0 Å². The second kappa shape index (κ2) is 10.4. The quantitative estimate of drug-likeness (QED) is 0.386. The Morgan fingerprint density at radius 1 is 1.05 bits per heavy atom. The van der Waals surface area contributed by atoms with Gasteiger partial charge in [-0.3, -0.25) is 4.79 Å². The van der Waals surface area contributed by atoms with Gasteiger partial charge in [0.05, 0.1) is 19.6 Å². The molecule has 1 aromatic rings. The number of aliphatic carboxylic acids is 1. The summed E-state index contributed by atoms with van der Waals surface area (Å²) < 4.78 is 10.5. The zero-order chi connectivity index (χ0) is 16.2. The van der Waals surface area contributed by atoms with E-state index in [4.69, 9.17) is 14.6 Å². The SMILES string of the molecule is C=CC(=O)OCCCCCCOc1ccc(CC(=O)O)cc1. The summed E-state index contributed by atoms with van der Waals surface area (Å²) in [5, 5.41) is 8.68. The van der Waals surface area contributed by atoms with E-state index < -0.39 is 5.97 Å². The Morgan fingerprint density at radius 3 is 2.27 bits per heavy atom. The number of unbranched alkanes of at least 4 members (excludes halogenated alkanes) is 3. The van der Waals surface area contributed by atoms with Crippen LogP contribution in [0.2, 0.25) is 0 Å². The molecule has 5 heteroatoms. The number of carbonyl (C=O) groups is 2. The van der Waals surface area contributed by atoms with E-state index in [-0.39, 0.29) is 12.4 Å². The van der Waals surface area contributed by atoms with E-state index in [2.05, 4.69) is 6.58 Å². The highest BCUT2D eigenvalue weighted by Crippen LogP contribution is 2.13. The molecule has 22 heavy (non-hydrogen) atoms. The molecule has 1 N–H and O–H groups in total. The average molecular weight is 306 g/mol. The second-order valence-electron chi connectivity index (χ2n) is 4.85. The van der Waals surface area contributed by atoms with E-state index in [9.17, 15) is 9.59 Å². The third-order valence-electron chi connectivity index (χ3n) is 3.00. The highest BCUT2D eigenvalue weighted by molar-refractivity contribution is 5.81. The number of carboxylic acids is 1. The highest BCUT2D eigenvalue weighted by atomic mass is 16.5. The lowest BCUT2D eigenvalue weighted by Crippen LogP contribution is -2.02. The van der Waals surface area contributed by atoms with Crippen molar-refractivity contribution >= 4 is 11.9 Å². The third kappa shape index (κ3) is 8.09. The lowest BCUT2D eigenvalue weighted by Gasteiger charge is -2.07. The first-order valence-electron chi connectivity index (χ1n) is 7.34. The van der Waals surface area contributed by atoms with Gasteiger partial charge in [-0.1, -0.05) is 18.7 Å². The van der Waals surface area contributed by atoms with Crippen LogP contribution < -0.4 is 4.74 Å². The first-order valence-corrected chi connectivity index (χ1v) is 7.34. The zero-order valence-electron chi connectivity index (χ0n) is 12.6. The van der Waals surface area contributed by atoms with Crippen molar-refractivity contribution in [2.24, 2.45) is 0 Å². The summed E-state index contributed by atoms with van der Waals surface area (Å²) in [6, 6.07) is 7.09. The molecule has 0 spiro atoms. The van der Waals surface area contributed by atoms with Crippen molar-refractivity contribution in [1.29, 1.82) is 0 Å². The smallest absolute Gasteiger partial charge is 0.330 e. The van der Waals surface area contributed by atoms with Gasteiger partial charge in [0.25, 0.3) is 0 Å². The predicted octanol–water partition coefficient (Wildman–Crippen LogP) is 2.98. The molecular formula is C17H22O5. The van der Waals surface area contributed by atoms with Crippen LogP contribution in [0.15, 0.2) is 36.9 Å². The minimum absolute atomic E-state index is 0.0245. The monoisotopic (exact) mass is 306 g/mol. The van der Waals surface area contributed by atoms with E-state index >= 15 is 0 Å². The standard InChI is InChI=1S/C17H22O5/c1-2-17(20)22-12-6-4-3-5-11-21-15-9-7-14(8-10-15)13-16(18)19/h2,7-10H,1,3-6,11-13H2,(H,18,19). The normalized spacial score (nSPS) is 10.0. The molecule has 0 saturated heterocycles. The van der Waals surface area contributed by atoms with Gasteiger partial charge in [-0.15, -0.1) is 0 Å². The maximum Gasteiger partial charge on any atom is 0.330 e. The van der Waals surface area contributed by atoms with E-state index in [0.29, 0.717) is 13.2 Å². The fourth-order valence-corrected chi connectivity index (χ4v) is 1.86. The summed E-state index contributed by atoms with van der Waals surface area (Å²) >= 11 is 0. The number of carbonyl (C=O) groups excluding carboxylic acids is 1. The predicted molar refractivity (Wildman–Crippen MR) is 82.9 cm³/mol. The highest BCUT2D eigenvalue weighted by Gasteiger charge is 2.01. The number of hydrogen-bond acceptors (Lipinski definition) is 4. The lowest BCUT2D eigenvalue weighted by atomic mass is 10.1. The van der Waals surface area contributed by atoms with Crippen molar-refractivity contribution in [2.45, 2.75) is 32.1 Å². The van der Waals surface area contributed by atoms with Crippen LogP contribution in [0, 0.1) is 0 Å². The molecule has 5 nitrogen and oxygen atoms in total. The minimum Gasteiger partial charge on any atom is -0.494 e. The molecule has 0 fully saturated rings. The van der Waals surface area contributed by atoms with Crippen LogP contribution in [0.4, 0.5) is 0 Å². The van der Waals surface area contributed by atoms with Gasteiger partial charge in [-0.05, 0) is 43.4 Å². The van der Waals surface area contributed by atoms with Crippen LogP contribution in [0.3, 0.4) is 0 Å². The van der Waals surface area contributed by atoms with Crippen LogP contribution in [0.25, 0.3) is 0 Å². The molecule has 1 aromatic carbocycles. The number of esters is 1. The first-order chi connectivity index (χ1) is 10.6. The summed E-state index contributed by atoms with van der Waals surface area (Å²) in [5.74, 6) is -0.476. The van der Waals surface area contributed by atoms with E-state index in [1.807, 2.05) is 0 Å². The minimum atomic E-state index is -0.840. The van der Waals surface area contributed by atoms with Gasteiger partial charge in [-0.25, -0.2) is 4.79 Å². The van der Waals surface area contributed by atoms with Gasteiger partial charge < -0.3 is 14.6 Å². The molecule has 0 unspecified atom stereocenters. The van der Waals surface area contributed by atoms with Crippen molar-refractivity contribution < 1.29 is 24.2 Å². The second-order valence-corrected chi connectivity index (χ2v) is 4.85. The van der Waals surface area contributed by atoms with E-state index in [1.54, 1.807) is 24.3 Å². The molecule has 0 aliphatic heterocycles. The fraction of sp³-hybridized carbons (Fsp3) is 0.412. The Balaban J connectivity index is 2.06. The summed E-state index contributed by atoms with van der Waals surface area (Å²) in [4.78, 5) is 21.4. The van der Waals surface area contributed by atoms with Gasteiger partial charge >= 0.3 is 11.9 Å². The van der Waals surface area contributed by atoms with Crippen LogP contribution in [0.1, 0.15) is 31.2 Å². The maximum absolute atomic E-state index is 10.8. The maximum atomic E-state index is 10.8. The van der Waals surface area contributed by atoms with Gasteiger partial charge in [0.2, 0.25) is 0 Å². The Morgan fingerprint density at radius 2 is 1.68 bits per heavy atom. The topological polar surface area (TPSA) is 72.8 Å². The third-order valence-corrected chi connectivity index (χ3v) is 3.00. The molecular weight excluding hydrogens is 284 g/mol. The molecule has 0 aliphatic carbocycles. The number of ether oxygens (including phenoxy) is 2. The Kier molecular flexibility index (Phi) is 8.42. The van der Waals surface area contributed by atoms with Gasteiger partial charge in [0.15, 0.2) is 0 Å². The molecule has 0 bridgehead atoms. The van der Waals surface area contributed by atoms with Crippen LogP contribution in [-0.4, -0.2) is 30.3 Å². The summed E-state index contributed by atoms with van der Waals surface area (Å²) in [6.07, 6.45) is 4.93. The summed E-state index contributed by atoms with van der Waals surface area (Å²) in [5.41, 5.74) is 0.758. The number of benzene rings is 1. The summed E-state index contributed by atoms with van der Waals surface area (Å²) in [6.45, 7) is 4.37. The Bertz CT molecular complexity index is 478. The summed E-state index contributed by atoms with van der Waals surface area (Å²) in [7, 11) is 0. The van der Waals surface area contributed by atoms with Crippen LogP contribution in [-0.2, 0) is 20.7 Å². The van der Waals surface area contributed by atoms with Crippen LogP contribution in [0.5, 0.6) is 5.75 Å². The molecule has 0 saturated carbocycles. The Labute approximate surface area is 130 Å². The van der Waals surface area contributed by atoms with E-state index in [0.717, 1.165) is 43.1 Å². The molecule has 0 heterocycles. The van der Waals surface area contributed by atoms with Crippen LogP contribution >= 0.6 is 0 Å². The first kappa shape index (κ1) is 17.8. The molecule has 1 rings (SSSR count).